The van der Waals surface area contributed by atoms with Gasteiger partial charge < -0.3 is 4.90 Å². The topological polar surface area (TPSA) is 114 Å². The van der Waals surface area contributed by atoms with Crippen molar-refractivity contribution < 1.29 is 19.3 Å². The van der Waals surface area contributed by atoms with Crippen molar-refractivity contribution in [1.82, 2.24) is 9.88 Å². The van der Waals surface area contributed by atoms with Crippen molar-refractivity contribution in [2.45, 2.75) is 19.0 Å². The molecule has 34 heavy (non-hydrogen) atoms. The number of nitro benzene ring substituents is 1. The second-order valence-corrected chi connectivity index (χ2v) is 9.13. The lowest BCUT2D eigenvalue weighted by molar-refractivity contribution is -0.384. The van der Waals surface area contributed by atoms with Crippen molar-refractivity contribution in [1.29, 1.82) is 0 Å². The molecule has 3 amide bonds. The molecule has 1 atom stereocenters. The summed E-state index contributed by atoms with van der Waals surface area (Å²) >= 11 is 8.01. The normalized spacial score (nSPS) is 15.5. The van der Waals surface area contributed by atoms with Gasteiger partial charge in [0.25, 0.3) is 17.5 Å². The van der Waals surface area contributed by atoms with Gasteiger partial charge in [0, 0.05) is 34.1 Å². The number of hydrogen-bond donors (Lipinski definition) is 0. The molecule has 11 heteroatoms. The quantitative estimate of drug-likeness (QED) is 0.184. The summed E-state index contributed by atoms with van der Waals surface area (Å²) in [5.74, 6) is -1.63. The molecule has 2 heterocycles. The molecule has 1 aliphatic heterocycles. The Morgan fingerprint density at radius 2 is 1.94 bits per heavy atom. The van der Waals surface area contributed by atoms with Crippen LogP contribution in [0.4, 0.5) is 11.4 Å². The summed E-state index contributed by atoms with van der Waals surface area (Å²) in [4.78, 5) is 56.7. The number of amides is 3. The first-order chi connectivity index (χ1) is 16.3. The summed E-state index contributed by atoms with van der Waals surface area (Å²) in [5.41, 5.74) is 0.595. The van der Waals surface area contributed by atoms with E-state index in [9.17, 15) is 24.5 Å². The van der Waals surface area contributed by atoms with Crippen LogP contribution in [-0.4, -0.2) is 38.6 Å². The van der Waals surface area contributed by atoms with Crippen molar-refractivity contribution in [2.24, 2.45) is 0 Å². The van der Waals surface area contributed by atoms with Crippen molar-refractivity contribution in [3.05, 3.63) is 96.8 Å². The average molecular weight is 591 g/mol. The molecule has 0 spiro atoms. The van der Waals surface area contributed by atoms with Gasteiger partial charge in [0.2, 0.25) is 5.91 Å². The number of carbonyl (C=O) groups excluding carboxylic acids is 3. The van der Waals surface area contributed by atoms with E-state index in [-0.39, 0.29) is 23.6 Å². The van der Waals surface area contributed by atoms with Gasteiger partial charge in [0.1, 0.15) is 11.1 Å². The highest BCUT2D eigenvalue weighted by Gasteiger charge is 2.44. The molecule has 1 saturated heterocycles. The van der Waals surface area contributed by atoms with Gasteiger partial charge in [-0.1, -0.05) is 17.7 Å². The molecule has 1 aliphatic rings. The van der Waals surface area contributed by atoms with Crippen LogP contribution in [0.2, 0.25) is 5.02 Å². The van der Waals surface area contributed by atoms with E-state index in [2.05, 4.69) is 27.6 Å². The van der Waals surface area contributed by atoms with Crippen LogP contribution in [0.3, 0.4) is 0 Å². The number of aromatic nitrogens is 1. The van der Waals surface area contributed by atoms with Gasteiger partial charge in [-0.05, 0) is 70.6 Å². The first kappa shape index (κ1) is 23.8. The van der Waals surface area contributed by atoms with Crippen LogP contribution in [0.15, 0.2) is 67.0 Å². The number of benzene rings is 2. The number of rotatable bonds is 6. The summed E-state index contributed by atoms with van der Waals surface area (Å²) < 4.78 is 0.940. The van der Waals surface area contributed by atoms with Gasteiger partial charge in [0.05, 0.1) is 17.0 Å². The predicted octanol–water partition coefficient (Wildman–Crippen LogP) is 4.22. The van der Waals surface area contributed by atoms with E-state index in [0.717, 1.165) is 14.5 Å². The minimum atomic E-state index is -1.09. The third-order valence-corrected chi connectivity index (χ3v) is 6.35. The van der Waals surface area contributed by atoms with Gasteiger partial charge in [-0.25, -0.2) is 4.90 Å². The maximum atomic E-state index is 13.5. The van der Waals surface area contributed by atoms with Gasteiger partial charge in [-0.15, -0.1) is 0 Å². The number of anilines is 1. The number of imide groups is 1. The molecule has 0 radical (unpaired) electrons. The lowest BCUT2D eigenvalue weighted by atomic mass is 10.1. The SMILES string of the molecule is O=C1CC(N(Cc2cccnc2)C(=O)c2ccc(Cl)c([N+](=O)[O-])c2)C(=O)N1c1ccc(I)cc1. The van der Waals surface area contributed by atoms with E-state index < -0.39 is 34.4 Å². The summed E-state index contributed by atoms with van der Waals surface area (Å²) in [6.45, 7) is -0.0205. The molecule has 0 aliphatic carbocycles. The lowest BCUT2D eigenvalue weighted by Gasteiger charge is -2.28. The Bertz CT molecular complexity index is 1290. The molecule has 9 nitrogen and oxygen atoms in total. The second-order valence-electron chi connectivity index (χ2n) is 7.48. The molecule has 4 rings (SSSR count). The van der Waals surface area contributed by atoms with Crippen molar-refractivity contribution in [3.63, 3.8) is 0 Å². The third-order valence-electron chi connectivity index (χ3n) is 5.31. The Balaban J connectivity index is 1.72. The first-order valence-electron chi connectivity index (χ1n) is 10.0. The van der Waals surface area contributed by atoms with Crippen LogP contribution < -0.4 is 4.90 Å². The predicted molar refractivity (Wildman–Crippen MR) is 132 cm³/mol. The Hall–Kier alpha value is -3.38. The van der Waals surface area contributed by atoms with E-state index in [1.807, 2.05) is 0 Å². The van der Waals surface area contributed by atoms with Crippen molar-refractivity contribution in [2.75, 3.05) is 4.90 Å². The largest absolute Gasteiger partial charge is 0.322 e. The van der Waals surface area contributed by atoms with Crippen molar-refractivity contribution >= 4 is 63.3 Å². The maximum Gasteiger partial charge on any atom is 0.288 e. The van der Waals surface area contributed by atoms with Crippen LogP contribution in [0.1, 0.15) is 22.3 Å². The van der Waals surface area contributed by atoms with E-state index in [0.29, 0.717) is 11.3 Å². The Morgan fingerprint density at radius 1 is 1.21 bits per heavy atom. The molecule has 2 aromatic carbocycles. The molecule has 3 aromatic rings. The summed E-state index contributed by atoms with van der Waals surface area (Å²) in [6, 6.07) is 12.9. The number of pyridine rings is 1. The van der Waals surface area contributed by atoms with Crippen LogP contribution in [-0.2, 0) is 16.1 Å². The highest BCUT2D eigenvalue weighted by atomic mass is 127. The standard InChI is InChI=1S/C23H16ClIN4O5/c24-18-8-3-15(10-19(18)29(33)34)22(31)27(13-14-2-1-9-26-12-14)20-11-21(30)28(23(20)32)17-6-4-16(25)5-7-17/h1-10,12,20H,11,13H2. The minimum Gasteiger partial charge on any atom is -0.322 e. The average Bonchev–Trinajstić information content (AvgIpc) is 3.12. The highest BCUT2D eigenvalue weighted by molar-refractivity contribution is 14.1. The molecule has 1 aromatic heterocycles. The zero-order chi connectivity index (χ0) is 24.4. The second kappa shape index (κ2) is 9.85. The molecular formula is C23H16ClIN4O5. The highest BCUT2D eigenvalue weighted by Crippen LogP contribution is 2.30. The molecule has 172 valence electrons. The summed E-state index contributed by atoms with van der Waals surface area (Å²) in [7, 11) is 0. The fourth-order valence-corrected chi connectivity index (χ4v) is 4.23. The molecule has 0 bridgehead atoms. The fourth-order valence-electron chi connectivity index (χ4n) is 3.68. The van der Waals surface area contributed by atoms with Gasteiger partial charge >= 0.3 is 0 Å². The minimum absolute atomic E-state index is 0.0204. The van der Waals surface area contributed by atoms with E-state index >= 15 is 0 Å². The maximum absolute atomic E-state index is 13.5. The van der Waals surface area contributed by atoms with Gasteiger partial charge in [-0.3, -0.25) is 29.5 Å². The number of nitrogens with zero attached hydrogens (tertiary/aromatic N) is 4. The Morgan fingerprint density at radius 3 is 2.59 bits per heavy atom. The molecule has 0 N–H and O–H groups in total. The Labute approximate surface area is 212 Å². The summed E-state index contributed by atoms with van der Waals surface area (Å²) in [5, 5.41) is 11.2. The monoisotopic (exact) mass is 590 g/mol. The number of hydrogen-bond acceptors (Lipinski definition) is 6. The zero-order valence-corrected chi connectivity index (χ0v) is 20.3. The molecular weight excluding hydrogens is 575 g/mol. The zero-order valence-electron chi connectivity index (χ0n) is 17.4. The van der Waals surface area contributed by atoms with Crippen molar-refractivity contribution in [3.8, 4) is 0 Å². The first-order valence-corrected chi connectivity index (χ1v) is 11.5. The van der Waals surface area contributed by atoms with Crippen LogP contribution in [0.5, 0.6) is 0 Å². The smallest absolute Gasteiger partial charge is 0.288 e. The lowest BCUT2D eigenvalue weighted by Crippen LogP contribution is -2.45. The summed E-state index contributed by atoms with van der Waals surface area (Å²) in [6.07, 6.45) is 2.90. The van der Waals surface area contributed by atoms with Gasteiger partial charge in [0.15, 0.2) is 0 Å². The number of carbonyl (C=O) groups is 3. The van der Waals surface area contributed by atoms with E-state index in [1.54, 1.807) is 48.8 Å². The third kappa shape index (κ3) is 4.77. The molecule has 1 unspecified atom stereocenters. The number of nitro groups is 1. The molecule has 1 fully saturated rings. The van der Waals surface area contributed by atoms with E-state index in [4.69, 9.17) is 11.6 Å². The Kier molecular flexibility index (Phi) is 6.89. The van der Waals surface area contributed by atoms with Gasteiger partial charge in [-0.2, -0.15) is 0 Å². The fraction of sp³-hybridized carbons (Fsp3) is 0.130. The van der Waals surface area contributed by atoms with E-state index in [1.165, 1.54) is 17.0 Å². The molecule has 0 saturated carbocycles. The number of halogens is 2. The van der Waals surface area contributed by atoms with Crippen LogP contribution >= 0.6 is 34.2 Å². The van der Waals surface area contributed by atoms with Crippen LogP contribution in [0, 0.1) is 13.7 Å². The van der Waals surface area contributed by atoms with Crippen LogP contribution in [0.25, 0.3) is 0 Å².